The third-order valence-corrected chi connectivity index (χ3v) is 6.27. The molecule has 0 bridgehead atoms. The van der Waals surface area contributed by atoms with Crippen molar-refractivity contribution in [2.75, 3.05) is 26.3 Å². The Bertz CT molecular complexity index is 1320. The molecule has 10 nitrogen and oxygen atoms in total. The molecule has 3 aromatic carbocycles. The number of rotatable bonds is 15. The van der Waals surface area contributed by atoms with E-state index in [0.717, 1.165) is 11.1 Å². The molecule has 11 heteroatoms. The molecule has 0 spiro atoms. The van der Waals surface area contributed by atoms with Gasteiger partial charge in [0.05, 0.1) is 17.5 Å². The Hall–Kier alpha value is -4.51. The number of halogens is 1. The Kier molecular flexibility index (Phi) is 11.6. The SMILES string of the molecule is CCOC(Cc1ccc(OCCN(CCCc2ccc(F)cc2)C(=O)Oc2ccc(C)c([N+](=O)[O-])c2)cc1)C(=O)O. The smallest absolute Gasteiger partial charge is 0.415 e. The lowest BCUT2D eigenvalue weighted by atomic mass is 10.1. The molecular formula is C30H33FN2O8. The number of benzene rings is 3. The molecule has 0 heterocycles. The number of carboxylic acids is 1. The molecule has 41 heavy (non-hydrogen) atoms. The molecule has 0 aliphatic rings. The normalized spacial score (nSPS) is 11.5. The van der Waals surface area contributed by atoms with Gasteiger partial charge in [-0.3, -0.25) is 10.1 Å². The molecule has 218 valence electrons. The number of hydrogen-bond donors (Lipinski definition) is 1. The minimum atomic E-state index is -1.03. The van der Waals surface area contributed by atoms with Crippen LogP contribution >= 0.6 is 0 Å². The van der Waals surface area contributed by atoms with Gasteiger partial charge in [0.25, 0.3) is 5.69 Å². The van der Waals surface area contributed by atoms with Crippen LogP contribution in [0.4, 0.5) is 14.9 Å². The summed E-state index contributed by atoms with van der Waals surface area (Å²) in [5.41, 5.74) is 1.98. The fraction of sp³-hybridized carbons (Fsp3) is 0.333. The lowest BCUT2D eigenvalue weighted by molar-refractivity contribution is -0.385. The summed E-state index contributed by atoms with van der Waals surface area (Å²) >= 11 is 0. The first-order chi connectivity index (χ1) is 19.7. The number of nitrogens with zero attached hydrogens (tertiary/aromatic N) is 2. The number of hydrogen-bond acceptors (Lipinski definition) is 7. The zero-order chi connectivity index (χ0) is 29.8. The first-order valence-corrected chi connectivity index (χ1v) is 13.2. The Morgan fingerprint density at radius 1 is 1.00 bits per heavy atom. The van der Waals surface area contributed by atoms with Crippen LogP contribution in [0.1, 0.15) is 30.0 Å². The summed E-state index contributed by atoms with van der Waals surface area (Å²) in [6.45, 7) is 4.24. The highest BCUT2D eigenvalue weighted by Crippen LogP contribution is 2.24. The van der Waals surface area contributed by atoms with Crippen molar-refractivity contribution in [2.24, 2.45) is 0 Å². The minimum Gasteiger partial charge on any atom is -0.492 e. The second-order valence-corrected chi connectivity index (χ2v) is 9.27. The van der Waals surface area contributed by atoms with Crippen LogP contribution in [0.25, 0.3) is 0 Å². The molecule has 3 rings (SSSR count). The van der Waals surface area contributed by atoms with E-state index < -0.39 is 23.1 Å². The summed E-state index contributed by atoms with van der Waals surface area (Å²) in [6.07, 6.45) is -0.239. The third kappa shape index (κ3) is 9.87. The second-order valence-electron chi connectivity index (χ2n) is 9.27. The van der Waals surface area contributed by atoms with E-state index in [-0.39, 0.29) is 36.8 Å². The van der Waals surface area contributed by atoms with E-state index in [2.05, 4.69) is 0 Å². The van der Waals surface area contributed by atoms with Crippen LogP contribution in [0.5, 0.6) is 11.5 Å². The monoisotopic (exact) mass is 568 g/mol. The molecule has 1 N–H and O–H groups in total. The molecule has 0 fully saturated rings. The fourth-order valence-electron chi connectivity index (χ4n) is 4.06. The quantitative estimate of drug-likeness (QED) is 0.186. The van der Waals surface area contributed by atoms with Crippen molar-refractivity contribution < 1.29 is 38.2 Å². The van der Waals surface area contributed by atoms with Gasteiger partial charge in [-0.2, -0.15) is 0 Å². The Morgan fingerprint density at radius 3 is 2.29 bits per heavy atom. The van der Waals surface area contributed by atoms with E-state index in [1.165, 1.54) is 35.2 Å². The average molecular weight is 569 g/mol. The predicted octanol–water partition coefficient (Wildman–Crippen LogP) is 5.59. The van der Waals surface area contributed by atoms with Crippen molar-refractivity contribution in [3.63, 3.8) is 0 Å². The van der Waals surface area contributed by atoms with Crippen molar-refractivity contribution in [2.45, 2.75) is 39.2 Å². The van der Waals surface area contributed by atoms with Crippen LogP contribution in [-0.2, 0) is 22.4 Å². The van der Waals surface area contributed by atoms with Crippen molar-refractivity contribution in [1.82, 2.24) is 4.90 Å². The molecule has 1 atom stereocenters. The van der Waals surface area contributed by atoms with Gasteiger partial charge in [-0.25, -0.2) is 14.0 Å². The lowest BCUT2D eigenvalue weighted by Gasteiger charge is -2.22. The molecule has 0 radical (unpaired) electrons. The number of carboxylic acid groups (broad SMARTS) is 1. The summed E-state index contributed by atoms with van der Waals surface area (Å²) in [5.74, 6) is -0.768. The first-order valence-electron chi connectivity index (χ1n) is 13.2. The molecule has 0 aromatic heterocycles. The van der Waals surface area contributed by atoms with Gasteiger partial charge < -0.3 is 24.2 Å². The van der Waals surface area contributed by atoms with Crippen LogP contribution in [-0.4, -0.2) is 59.4 Å². The number of ether oxygens (including phenoxy) is 3. The molecule has 0 aliphatic heterocycles. The maximum absolute atomic E-state index is 13.2. The van der Waals surface area contributed by atoms with Crippen molar-refractivity contribution >= 4 is 17.7 Å². The predicted molar refractivity (Wildman–Crippen MR) is 149 cm³/mol. The number of nitro groups is 1. The lowest BCUT2D eigenvalue weighted by Crippen LogP contribution is -2.37. The summed E-state index contributed by atoms with van der Waals surface area (Å²) in [7, 11) is 0. The van der Waals surface area contributed by atoms with Crippen molar-refractivity contribution in [3.05, 3.63) is 99.4 Å². The molecule has 3 aromatic rings. The zero-order valence-electron chi connectivity index (χ0n) is 23.0. The highest BCUT2D eigenvalue weighted by Gasteiger charge is 2.20. The summed E-state index contributed by atoms with van der Waals surface area (Å²) < 4.78 is 29.7. The van der Waals surface area contributed by atoms with E-state index >= 15 is 0 Å². The topological polar surface area (TPSA) is 128 Å². The average Bonchev–Trinajstić information content (AvgIpc) is 2.94. The zero-order valence-corrected chi connectivity index (χ0v) is 23.0. The second kappa shape index (κ2) is 15.3. The van der Waals surface area contributed by atoms with Gasteiger partial charge in [-0.05, 0) is 74.2 Å². The van der Waals surface area contributed by atoms with Gasteiger partial charge in [-0.15, -0.1) is 0 Å². The van der Waals surface area contributed by atoms with Gasteiger partial charge in [-0.1, -0.05) is 24.3 Å². The van der Waals surface area contributed by atoms with Crippen LogP contribution < -0.4 is 9.47 Å². The largest absolute Gasteiger partial charge is 0.492 e. The van der Waals surface area contributed by atoms with E-state index in [1.54, 1.807) is 50.2 Å². The highest BCUT2D eigenvalue weighted by atomic mass is 19.1. The summed E-state index contributed by atoms with van der Waals surface area (Å²) in [5, 5.41) is 20.6. The van der Waals surface area contributed by atoms with Gasteiger partial charge in [0.15, 0.2) is 6.10 Å². The molecular weight excluding hydrogens is 535 g/mol. The van der Waals surface area contributed by atoms with E-state index in [9.17, 15) is 29.2 Å². The minimum absolute atomic E-state index is 0.0547. The molecule has 1 unspecified atom stereocenters. The highest BCUT2D eigenvalue weighted by molar-refractivity contribution is 5.72. The standard InChI is InChI=1S/C30H33FN2O8/c1-3-39-28(29(34)35)19-23-9-14-25(15-10-23)40-18-17-32(16-4-5-22-7-11-24(31)12-8-22)30(36)41-26-13-6-21(2)27(20-26)33(37)38/h6-15,20,28H,3-5,16-19H2,1-2H3,(H,34,35). The summed E-state index contributed by atoms with van der Waals surface area (Å²) in [6, 6.07) is 17.3. The number of amides is 1. The Labute approximate surface area is 237 Å². The number of aliphatic carboxylic acids is 1. The maximum Gasteiger partial charge on any atom is 0.415 e. The number of aryl methyl sites for hydroxylation is 2. The van der Waals surface area contributed by atoms with Gasteiger partial charge in [0.2, 0.25) is 0 Å². The van der Waals surface area contributed by atoms with Crippen LogP contribution in [0.2, 0.25) is 0 Å². The third-order valence-electron chi connectivity index (χ3n) is 6.27. The molecule has 0 saturated heterocycles. The fourth-order valence-corrected chi connectivity index (χ4v) is 4.06. The Balaban J connectivity index is 1.62. The van der Waals surface area contributed by atoms with E-state index in [1.807, 2.05) is 0 Å². The first kappa shape index (κ1) is 31.0. The number of nitro benzene ring substituents is 1. The molecule has 1 amide bonds. The van der Waals surface area contributed by atoms with Gasteiger partial charge in [0, 0.05) is 25.1 Å². The van der Waals surface area contributed by atoms with Crippen LogP contribution in [0.15, 0.2) is 66.7 Å². The molecule has 0 saturated carbocycles. The van der Waals surface area contributed by atoms with Gasteiger partial charge >= 0.3 is 12.1 Å². The van der Waals surface area contributed by atoms with E-state index in [0.29, 0.717) is 37.3 Å². The Morgan fingerprint density at radius 2 is 1.66 bits per heavy atom. The van der Waals surface area contributed by atoms with Crippen LogP contribution in [0, 0.1) is 22.9 Å². The maximum atomic E-state index is 13.2. The van der Waals surface area contributed by atoms with E-state index in [4.69, 9.17) is 14.2 Å². The number of carbonyl (C=O) groups excluding carboxylic acids is 1. The van der Waals surface area contributed by atoms with Crippen molar-refractivity contribution in [1.29, 1.82) is 0 Å². The summed E-state index contributed by atoms with van der Waals surface area (Å²) in [4.78, 5) is 36.6. The van der Waals surface area contributed by atoms with Crippen LogP contribution in [0.3, 0.4) is 0 Å². The molecule has 0 aliphatic carbocycles. The van der Waals surface area contributed by atoms with Gasteiger partial charge in [0.1, 0.15) is 23.9 Å². The number of carbonyl (C=O) groups is 2. The van der Waals surface area contributed by atoms with Crippen molar-refractivity contribution in [3.8, 4) is 11.5 Å².